The lowest BCUT2D eigenvalue weighted by molar-refractivity contribution is 0.208. The molecule has 0 saturated heterocycles. The molecule has 3 nitrogen and oxygen atoms in total. The molecule has 88 valence electrons. The van der Waals surface area contributed by atoms with Crippen molar-refractivity contribution in [3.8, 4) is 0 Å². The third-order valence-corrected chi connectivity index (χ3v) is 2.17. The van der Waals surface area contributed by atoms with Gasteiger partial charge in [0.25, 0.3) is 0 Å². The van der Waals surface area contributed by atoms with Crippen LogP contribution in [0.2, 0.25) is 0 Å². The highest BCUT2D eigenvalue weighted by atomic mass is 16.5. The fourth-order valence-electron chi connectivity index (χ4n) is 1.40. The van der Waals surface area contributed by atoms with E-state index in [1.807, 2.05) is 13.8 Å². The predicted molar refractivity (Wildman–Crippen MR) is 66.2 cm³/mol. The first-order valence-corrected chi connectivity index (χ1v) is 5.44. The van der Waals surface area contributed by atoms with Gasteiger partial charge in [0.15, 0.2) is 0 Å². The lowest BCUT2D eigenvalue weighted by Gasteiger charge is -2.12. The van der Waals surface area contributed by atoms with Gasteiger partial charge in [-0.3, -0.25) is 4.99 Å². The van der Waals surface area contributed by atoms with E-state index in [9.17, 15) is 0 Å². The molecule has 0 unspecified atom stereocenters. The number of rotatable bonds is 6. The van der Waals surface area contributed by atoms with Crippen LogP contribution >= 0.6 is 0 Å². The van der Waals surface area contributed by atoms with E-state index < -0.39 is 0 Å². The summed E-state index contributed by atoms with van der Waals surface area (Å²) < 4.78 is 4.96. The van der Waals surface area contributed by atoms with Gasteiger partial charge < -0.3 is 10.5 Å². The third-order valence-electron chi connectivity index (χ3n) is 2.17. The predicted octanol–water partition coefficient (Wildman–Crippen LogP) is 2.37. The molecule has 0 aromatic rings. The molecule has 0 bridgehead atoms. The average Bonchev–Trinajstić information content (AvgIpc) is 2.13. The van der Waals surface area contributed by atoms with Gasteiger partial charge in [-0.25, -0.2) is 0 Å². The largest absolute Gasteiger partial charge is 0.402 e. The zero-order valence-electron chi connectivity index (χ0n) is 10.6. The van der Waals surface area contributed by atoms with Crippen LogP contribution in [0.15, 0.2) is 16.3 Å². The van der Waals surface area contributed by atoms with Crippen LogP contribution in [0.1, 0.15) is 34.1 Å². The van der Waals surface area contributed by atoms with Crippen molar-refractivity contribution in [2.45, 2.75) is 34.1 Å². The highest BCUT2D eigenvalue weighted by Gasteiger charge is 2.07. The Morgan fingerprint density at radius 1 is 1.33 bits per heavy atom. The lowest BCUT2D eigenvalue weighted by atomic mass is 9.98. The molecule has 0 aliphatic rings. The van der Waals surface area contributed by atoms with E-state index in [1.54, 1.807) is 7.11 Å². The quantitative estimate of drug-likeness (QED) is 0.543. The van der Waals surface area contributed by atoms with E-state index in [1.165, 1.54) is 5.57 Å². The van der Waals surface area contributed by atoms with E-state index in [-0.39, 0.29) is 0 Å². The van der Waals surface area contributed by atoms with Crippen LogP contribution in [0.25, 0.3) is 0 Å². The monoisotopic (exact) mass is 212 g/mol. The van der Waals surface area contributed by atoms with Crippen molar-refractivity contribution in [1.82, 2.24) is 0 Å². The summed E-state index contributed by atoms with van der Waals surface area (Å²) in [6.45, 7) is 9.70. The van der Waals surface area contributed by atoms with Crippen molar-refractivity contribution in [1.29, 1.82) is 0 Å². The molecular weight excluding hydrogens is 188 g/mol. The number of methoxy groups -OCH3 is 1. The summed E-state index contributed by atoms with van der Waals surface area (Å²) in [7, 11) is 1.68. The standard InChI is InChI=1S/C12H24N2O/c1-9(2)8-12(10(3)13)11(4)14-6-7-15-5/h9H,6-8,13H2,1-5H3. The van der Waals surface area contributed by atoms with E-state index in [4.69, 9.17) is 10.5 Å². The topological polar surface area (TPSA) is 47.6 Å². The maximum atomic E-state index is 5.86. The zero-order valence-corrected chi connectivity index (χ0v) is 10.6. The van der Waals surface area contributed by atoms with Crippen LogP contribution < -0.4 is 5.73 Å². The van der Waals surface area contributed by atoms with E-state index in [0.29, 0.717) is 19.1 Å². The maximum Gasteiger partial charge on any atom is 0.0658 e. The van der Waals surface area contributed by atoms with Gasteiger partial charge >= 0.3 is 0 Å². The van der Waals surface area contributed by atoms with Crippen LogP contribution in [0, 0.1) is 5.92 Å². The molecule has 0 fully saturated rings. The molecule has 2 N–H and O–H groups in total. The Morgan fingerprint density at radius 3 is 2.33 bits per heavy atom. The van der Waals surface area contributed by atoms with Gasteiger partial charge in [0.05, 0.1) is 13.2 Å². The summed E-state index contributed by atoms with van der Waals surface area (Å²) >= 11 is 0. The number of allylic oxidation sites excluding steroid dienone is 2. The maximum absolute atomic E-state index is 5.86. The molecule has 0 rings (SSSR count). The first-order chi connectivity index (χ1) is 6.99. The molecule has 0 amide bonds. The Labute approximate surface area is 93.4 Å². The van der Waals surface area contributed by atoms with Gasteiger partial charge in [0.1, 0.15) is 0 Å². The second kappa shape index (κ2) is 7.46. The van der Waals surface area contributed by atoms with Crippen molar-refractivity contribution < 1.29 is 4.74 Å². The van der Waals surface area contributed by atoms with E-state index in [0.717, 1.165) is 17.8 Å². The van der Waals surface area contributed by atoms with Crippen LogP contribution in [-0.4, -0.2) is 26.0 Å². The molecule has 0 saturated carbocycles. The Hall–Kier alpha value is -0.830. The number of nitrogens with two attached hydrogens (primary N) is 1. The van der Waals surface area contributed by atoms with Gasteiger partial charge in [0.2, 0.25) is 0 Å². The molecule has 0 spiro atoms. The first kappa shape index (κ1) is 14.2. The van der Waals surface area contributed by atoms with Gasteiger partial charge in [-0.15, -0.1) is 0 Å². The fourth-order valence-corrected chi connectivity index (χ4v) is 1.40. The summed E-state index contributed by atoms with van der Waals surface area (Å²) in [5.74, 6) is 0.603. The lowest BCUT2D eigenvalue weighted by Crippen LogP contribution is -2.10. The first-order valence-electron chi connectivity index (χ1n) is 5.44. The third kappa shape index (κ3) is 6.28. The Balaban J connectivity index is 4.50. The number of ether oxygens (including phenoxy) is 1. The van der Waals surface area contributed by atoms with Crippen molar-refractivity contribution >= 4 is 5.71 Å². The molecule has 0 aliphatic heterocycles. The Morgan fingerprint density at radius 2 is 1.93 bits per heavy atom. The Kier molecular flexibility index (Phi) is 7.05. The summed E-state index contributed by atoms with van der Waals surface area (Å²) in [6.07, 6.45) is 0.991. The molecule has 15 heavy (non-hydrogen) atoms. The van der Waals surface area contributed by atoms with Crippen molar-refractivity contribution in [3.05, 3.63) is 11.3 Å². The number of hydrogen-bond acceptors (Lipinski definition) is 3. The highest BCUT2D eigenvalue weighted by molar-refractivity contribution is 5.98. The van der Waals surface area contributed by atoms with E-state index >= 15 is 0 Å². The molecule has 0 aromatic heterocycles. The summed E-state index contributed by atoms with van der Waals surface area (Å²) in [5, 5.41) is 0. The molecular formula is C12H24N2O. The number of hydrogen-bond donors (Lipinski definition) is 1. The minimum Gasteiger partial charge on any atom is -0.402 e. The minimum atomic E-state index is 0.603. The molecule has 0 heterocycles. The summed E-state index contributed by atoms with van der Waals surface area (Å²) in [5.41, 5.74) is 8.96. The molecule has 0 aromatic carbocycles. The summed E-state index contributed by atoms with van der Waals surface area (Å²) in [6, 6.07) is 0. The van der Waals surface area contributed by atoms with Gasteiger partial charge in [-0.2, -0.15) is 0 Å². The number of aliphatic imine (C=N–C) groups is 1. The van der Waals surface area contributed by atoms with Crippen LogP contribution in [-0.2, 0) is 4.74 Å². The van der Waals surface area contributed by atoms with Crippen molar-refractivity contribution in [3.63, 3.8) is 0 Å². The van der Waals surface area contributed by atoms with Gasteiger partial charge in [0, 0.05) is 18.5 Å². The smallest absolute Gasteiger partial charge is 0.0658 e. The number of nitrogens with zero attached hydrogens (tertiary/aromatic N) is 1. The second-order valence-corrected chi connectivity index (χ2v) is 4.22. The SMILES string of the molecule is COCCN=C(C)C(CC(C)C)=C(C)N. The fraction of sp³-hybridized carbons (Fsp3) is 0.750. The molecule has 0 aliphatic carbocycles. The summed E-state index contributed by atoms with van der Waals surface area (Å²) in [4.78, 5) is 4.44. The second-order valence-electron chi connectivity index (χ2n) is 4.22. The van der Waals surface area contributed by atoms with Crippen LogP contribution in [0.4, 0.5) is 0 Å². The van der Waals surface area contributed by atoms with Crippen LogP contribution in [0.3, 0.4) is 0 Å². The molecule has 0 radical (unpaired) electrons. The Bertz CT molecular complexity index is 238. The van der Waals surface area contributed by atoms with Gasteiger partial charge in [-0.05, 0) is 31.8 Å². The van der Waals surface area contributed by atoms with Gasteiger partial charge in [-0.1, -0.05) is 13.8 Å². The molecule has 3 heteroatoms. The van der Waals surface area contributed by atoms with Crippen molar-refractivity contribution in [2.24, 2.45) is 16.6 Å². The normalized spacial score (nSPS) is 14.4. The average molecular weight is 212 g/mol. The highest BCUT2D eigenvalue weighted by Crippen LogP contribution is 2.14. The zero-order chi connectivity index (χ0) is 11.8. The minimum absolute atomic E-state index is 0.603. The van der Waals surface area contributed by atoms with Crippen molar-refractivity contribution in [2.75, 3.05) is 20.3 Å². The van der Waals surface area contributed by atoms with Crippen LogP contribution in [0.5, 0.6) is 0 Å². The van der Waals surface area contributed by atoms with E-state index in [2.05, 4.69) is 18.8 Å². The molecule has 0 atom stereocenters.